The predicted octanol–water partition coefficient (Wildman–Crippen LogP) is 4.84. The Morgan fingerprint density at radius 3 is 2.64 bits per heavy atom. The number of nitrogens with zero attached hydrogens (tertiary/aromatic N) is 5. The van der Waals surface area contributed by atoms with Gasteiger partial charge in [-0.1, -0.05) is 13.0 Å². The predicted molar refractivity (Wildman–Crippen MR) is 133 cm³/mol. The van der Waals surface area contributed by atoms with Gasteiger partial charge in [0, 0.05) is 11.8 Å². The second kappa shape index (κ2) is 9.35. The molecule has 0 bridgehead atoms. The van der Waals surface area contributed by atoms with Crippen LogP contribution in [0.25, 0.3) is 10.9 Å². The molecule has 5 rings (SSSR count). The third-order valence-electron chi connectivity index (χ3n) is 5.95. The Bertz CT molecular complexity index is 1550. The lowest BCUT2D eigenvalue weighted by Gasteiger charge is -2.20. The minimum Gasteiger partial charge on any atom is -0.497 e. The van der Waals surface area contributed by atoms with Crippen molar-refractivity contribution in [1.82, 2.24) is 9.97 Å². The van der Waals surface area contributed by atoms with E-state index in [1.165, 1.54) is 16.1 Å². The van der Waals surface area contributed by atoms with Crippen LogP contribution in [0.3, 0.4) is 0 Å². The Balaban J connectivity index is 1.45. The summed E-state index contributed by atoms with van der Waals surface area (Å²) in [6.45, 7) is 1.83. The lowest BCUT2D eigenvalue weighted by Crippen LogP contribution is -2.33. The summed E-state index contributed by atoms with van der Waals surface area (Å²) < 4.78 is 11.3. The molecule has 178 valence electrons. The fourth-order valence-electron chi connectivity index (χ4n) is 4.14. The first-order valence-corrected chi connectivity index (χ1v) is 11.3. The Labute approximate surface area is 207 Å². The highest BCUT2D eigenvalue weighted by Gasteiger charge is 2.39. The SMILES string of the molecule is CCc1cc(Oc2ncnc3cc(OC)ccc23)ccc1N1C(=O)CN(c2cccc(C#N)c2)C1=O. The molecule has 0 spiro atoms. The minimum atomic E-state index is -0.464. The molecule has 2 heterocycles. The number of carbonyl (C=O) groups excluding carboxylic acids is 2. The Hall–Kier alpha value is -4.97. The zero-order valence-corrected chi connectivity index (χ0v) is 19.6. The number of benzene rings is 3. The highest BCUT2D eigenvalue weighted by Crippen LogP contribution is 2.34. The molecule has 0 radical (unpaired) electrons. The normalized spacial score (nSPS) is 13.2. The monoisotopic (exact) mass is 479 g/mol. The van der Waals surface area contributed by atoms with Crippen molar-refractivity contribution < 1.29 is 19.1 Å². The molecule has 9 nitrogen and oxygen atoms in total. The smallest absolute Gasteiger partial charge is 0.336 e. The van der Waals surface area contributed by atoms with E-state index in [1.54, 1.807) is 55.6 Å². The fraction of sp³-hybridized carbons (Fsp3) is 0.148. The summed E-state index contributed by atoms with van der Waals surface area (Å²) >= 11 is 0. The molecular weight excluding hydrogens is 458 g/mol. The van der Waals surface area contributed by atoms with E-state index in [-0.39, 0.29) is 12.5 Å². The van der Waals surface area contributed by atoms with Crippen LogP contribution in [0, 0.1) is 11.3 Å². The summed E-state index contributed by atoms with van der Waals surface area (Å²) in [5.41, 5.74) is 2.86. The molecule has 1 saturated heterocycles. The van der Waals surface area contributed by atoms with Gasteiger partial charge in [0.05, 0.1) is 35.3 Å². The van der Waals surface area contributed by atoms with Crippen molar-refractivity contribution in [1.29, 1.82) is 5.26 Å². The number of rotatable bonds is 6. The van der Waals surface area contributed by atoms with Crippen molar-refractivity contribution in [3.05, 3.63) is 78.1 Å². The van der Waals surface area contributed by atoms with Gasteiger partial charge in [-0.05, 0) is 60.5 Å². The van der Waals surface area contributed by atoms with Crippen LogP contribution in [-0.2, 0) is 11.2 Å². The first-order chi connectivity index (χ1) is 17.5. The summed E-state index contributed by atoms with van der Waals surface area (Å²) in [6.07, 6.45) is 1.99. The molecule has 4 aromatic rings. The molecule has 3 amide bonds. The Morgan fingerprint density at radius 1 is 1.03 bits per heavy atom. The molecule has 0 atom stereocenters. The molecule has 1 aliphatic rings. The number of nitriles is 1. The largest absolute Gasteiger partial charge is 0.497 e. The van der Waals surface area contributed by atoms with Crippen LogP contribution in [-0.4, -0.2) is 35.6 Å². The number of aryl methyl sites for hydroxylation is 1. The average Bonchev–Trinajstić information content (AvgIpc) is 3.21. The van der Waals surface area contributed by atoms with Crippen molar-refractivity contribution >= 4 is 34.2 Å². The van der Waals surface area contributed by atoms with Crippen LogP contribution in [0.15, 0.2) is 67.0 Å². The van der Waals surface area contributed by atoms with E-state index in [0.29, 0.717) is 46.3 Å². The molecule has 36 heavy (non-hydrogen) atoms. The van der Waals surface area contributed by atoms with Gasteiger partial charge in [0.25, 0.3) is 5.91 Å². The highest BCUT2D eigenvalue weighted by molar-refractivity contribution is 6.27. The van der Waals surface area contributed by atoms with Crippen molar-refractivity contribution in [3.63, 3.8) is 0 Å². The van der Waals surface area contributed by atoms with Gasteiger partial charge in [-0.2, -0.15) is 5.26 Å². The summed E-state index contributed by atoms with van der Waals surface area (Å²) in [6, 6.07) is 18.9. The average molecular weight is 479 g/mol. The van der Waals surface area contributed by atoms with E-state index >= 15 is 0 Å². The molecule has 1 aliphatic heterocycles. The summed E-state index contributed by atoms with van der Waals surface area (Å²) in [5.74, 6) is 1.23. The number of carbonyl (C=O) groups is 2. The zero-order valence-electron chi connectivity index (χ0n) is 19.6. The number of aromatic nitrogens is 2. The quantitative estimate of drug-likeness (QED) is 0.364. The lowest BCUT2D eigenvalue weighted by molar-refractivity contribution is -0.115. The molecular formula is C27H21N5O4. The number of anilines is 2. The number of amides is 3. The van der Waals surface area contributed by atoms with Gasteiger partial charge < -0.3 is 9.47 Å². The van der Waals surface area contributed by atoms with Gasteiger partial charge in [0.2, 0.25) is 5.88 Å². The number of methoxy groups -OCH3 is 1. The van der Waals surface area contributed by atoms with E-state index in [1.807, 2.05) is 19.1 Å². The molecule has 0 N–H and O–H groups in total. The molecule has 0 saturated carbocycles. The maximum absolute atomic E-state index is 13.2. The third kappa shape index (κ3) is 4.05. The second-order valence-electron chi connectivity index (χ2n) is 8.07. The topological polar surface area (TPSA) is 109 Å². The number of urea groups is 1. The van der Waals surface area contributed by atoms with Gasteiger partial charge in [-0.25, -0.2) is 19.7 Å². The van der Waals surface area contributed by atoms with Crippen LogP contribution < -0.4 is 19.3 Å². The van der Waals surface area contributed by atoms with E-state index < -0.39 is 6.03 Å². The third-order valence-corrected chi connectivity index (χ3v) is 5.95. The minimum absolute atomic E-state index is 0.106. The molecule has 1 fully saturated rings. The van der Waals surface area contributed by atoms with Crippen LogP contribution >= 0.6 is 0 Å². The number of hydrogen-bond donors (Lipinski definition) is 0. The Morgan fingerprint density at radius 2 is 1.86 bits per heavy atom. The summed E-state index contributed by atoms with van der Waals surface area (Å²) in [7, 11) is 1.59. The zero-order chi connectivity index (χ0) is 25.2. The molecule has 0 unspecified atom stereocenters. The number of ether oxygens (including phenoxy) is 2. The standard InChI is InChI=1S/C27H21N5O4/c1-3-18-12-21(36-26-22-9-7-20(35-2)13-23(22)29-16-30-26)8-10-24(18)32-25(33)15-31(27(32)34)19-6-4-5-17(11-19)14-28/h4-13,16H,3,15H2,1-2H3. The maximum atomic E-state index is 13.2. The van der Waals surface area contributed by atoms with Crippen molar-refractivity contribution in [2.45, 2.75) is 13.3 Å². The van der Waals surface area contributed by atoms with Gasteiger partial charge >= 0.3 is 6.03 Å². The lowest BCUT2D eigenvalue weighted by atomic mass is 10.1. The number of imide groups is 1. The van der Waals surface area contributed by atoms with Crippen molar-refractivity contribution in [2.75, 3.05) is 23.5 Å². The van der Waals surface area contributed by atoms with Crippen LogP contribution in [0.2, 0.25) is 0 Å². The summed E-state index contributed by atoms with van der Waals surface area (Å²) in [4.78, 5) is 37.2. The number of hydrogen-bond acceptors (Lipinski definition) is 7. The van der Waals surface area contributed by atoms with Gasteiger partial charge in [-0.3, -0.25) is 9.69 Å². The van der Waals surface area contributed by atoms with Crippen molar-refractivity contribution in [2.24, 2.45) is 0 Å². The van der Waals surface area contributed by atoms with Gasteiger partial charge in [0.1, 0.15) is 24.4 Å². The van der Waals surface area contributed by atoms with Crippen LogP contribution in [0.1, 0.15) is 18.1 Å². The van der Waals surface area contributed by atoms with E-state index in [2.05, 4.69) is 16.0 Å². The maximum Gasteiger partial charge on any atom is 0.336 e. The van der Waals surface area contributed by atoms with Crippen LogP contribution in [0.4, 0.5) is 16.2 Å². The number of fused-ring (bicyclic) bond motifs is 1. The van der Waals surface area contributed by atoms with Gasteiger partial charge in [-0.15, -0.1) is 0 Å². The Kier molecular flexibility index (Phi) is 5.92. The van der Waals surface area contributed by atoms with E-state index in [9.17, 15) is 14.9 Å². The second-order valence-corrected chi connectivity index (χ2v) is 8.07. The van der Waals surface area contributed by atoms with Crippen LogP contribution in [0.5, 0.6) is 17.4 Å². The fourth-order valence-corrected chi connectivity index (χ4v) is 4.14. The van der Waals surface area contributed by atoms with Crippen molar-refractivity contribution in [3.8, 4) is 23.4 Å². The highest BCUT2D eigenvalue weighted by atomic mass is 16.5. The first kappa shape index (κ1) is 22.8. The molecule has 1 aromatic heterocycles. The first-order valence-electron chi connectivity index (χ1n) is 11.3. The molecule has 9 heteroatoms. The van der Waals surface area contributed by atoms with E-state index in [0.717, 1.165) is 10.9 Å². The van der Waals surface area contributed by atoms with Gasteiger partial charge in [0.15, 0.2) is 0 Å². The van der Waals surface area contributed by atoms with E-state index in [4.69, 9.17) is 9.47 Å². The summed E-state index contributed by atoms with van der Waals surface area (Å²) in [5, 5.41) is 9.90. The molecule has 3 aromatic carbocycles. The molecule has 0 aliphatic carbocycles.